The van der Waals surface area contributed by atoms with Crippen LogP contribution in [0.5, 0.6) is 0 Å². The van der Waals surface area contributed by atoms with Crippen LogP contribution in [0.2, 0.25) is 0 Å². The summed E-state index contributed by atoms with van der Waals surface area (Å²) in [5, 5.41) is 0. The first kappa shape index (κ1) is 13.5. The van der Waals surface area contributed by atoms with Gasteiger partial charge in [-0.15, -0.1) is 6.42 Å². The highest BCUT2D eigenvalue weighted by Crippen LogP contribution is 2.04. The summed E-state index contributed by atoms with van der Waals surface area (Å²) in [6.45, 7) is 1.64. The van der Waals surface area contributed by atoms with Crippen molar-refractivity contribution in [1.82, 2.24) is 0 Å². The lowest BCUT2D eigenvalue weighted by molar-refractivity contribution is -0.117. The van der Waals surface area contributed by atoms with Crippen molar-refractivity contribution in [3.05, 3.63) is 12.2 Å². The molecule has 0 amide bonds. The lowest BCUT2D eigenvalue weighted by Gasteiger charge is -1.95. The fraction of sp³-hybridized carbons (Fsp3) is 0.500. The summed E-state index contributed by atoms with van der Waals surface area (Å²) in [5.74, 6) is 7.95. The highest BCUT2D eigenvalue weighted by molar-refractivity contribution is 5.75. The molecule has 0 aromatic carbocycles. The maximum atomic E-state index is 10.6. The molecule has 0 radical (unpaired) electrons. The molecule has 0 rings (SSSR count). The number of hydrogen-bond acceptors (Lipinski definition) is 1. The van der Waals surface area contributed by atoms with E-state index in [0.29, 0.717) is 0 Å². The zero-order chi connectivity index (χ0) is 11.4. The van der Waals surface area contributed by atoms with E-state index in [1.807, 2.05) is 6.08 Å². The molecule has 0 aromatic heterocycles. The summed E-state index contributed by atoms with van der Waals surface area (Å²) in [4.78, 5) is 10.6. The minimum atomic E-state index is 0.287. The molecule has 0 spiro atoms. The third-order valence-corrected chi connectivity index (χ3v) is 1.95. The van der Waals surface area contributed by atoms with Crippen molar-refractivity contribution >= 4 is 5.78 Å². The second-order valence-corrected chi connectivity index (χ2v) is 3.42. The van der Waals surface area contributed by atoms with E-state index < -0.39 is 0 Å². The van der Waals surface area contributed by atoms with Gasteiger partial charge < -0.3 is 4.79 Å². The van der Waals surface area contributed by atoms with Crippen molar-refractivity contribution in [3.63, 3.8) is 0 Å². The van der Waals surface area contributed by atoms with Crippen LogP contribution in [0, 0.1) is 24.2 Å². The molecule has 0 aliphatic heterocycles. The standard InChI is InChI=1S/C14H18O/c1-3-4-5-6-7-8-9-10-11-12-13-14(2)15/h1,7-8H,6,9-13H2,2H3/b8-7+. The van der Waals surface area contributed by atoms with Crippen molar-refractivity contribution in [2.24, 2.45) is 0 Å². The lowest BCUT2D eigenvalue weighted by Crippen LogP contribution is -1.88. The summed E-state index contributed by atoms with van der Waals surface area (Å²) in [7, 11) is 0. The highest BCUT2D eigenvalue weighted by atomic mass is 16.1. The van der Waals surface area contributed by atoms with Gasteiger partial charge in [0, 0.05) is 12.8 Å². The van der Waals surface area contributed by atoms with Gasteiger partial charge in [0.15, 0.2) is 0 Å². The zero-order valence-corrected chi connectivity index (χ0v) is 9.38. The van der Waals surface area contributed by atoms with Crippen LogP contribution in [0.3, 0.4) is 0 Å². The molecule has 0 bridgehead atoms. The molecule has 1 nitrogen and oxygen atoms in total. The van der Waals surface area contributed by atoms with Gasteiger partial charge >= 0.3 is 0 Å². The molecule has 0 heterocycles. The van der Waals surface area contributed by atoms with Gasteiger partial charge in [-0.2, -0.15) is 0 Å². The Balaban J connectivity index is 3.24. The third-order valence-electron chi connectivity index (χ3n) is 1.95. The summed E-state index contributed by atoms with van der Waals surface area (Å²) in [5.41, 5.74) is 0. The maximum Gasteiger partial charge on any atom is 0.129 e. The Hall–Kier alpha value is -1.47. The number of terminal acetylenes is 1. The van der Waals surface area contributed by atoms with Gasteiger partial charge in [0.05, 0.1) is 0 Å². The van der Waals surface area contributed by atoms with Crippen molar-refractivity contribution in [2.75, 3.05) is 0 Å². The number of unbranched alkanes of at least 4 members (excludes halogenated alkanes) is 3. The Morgan fingerprint density at radius 2 is 2.07 bits per heavy atom. The molecule has 0 aromatic rings. The number of allylic oxidation sites excluding steroid dienone is 2. The van der Waals surface area contributed by atoms with Crippen molar-refractivity contribution < 1.29 is 4.79 Å². The summed E-state index contributed by atoms with van der Waals surface area (Å²) in [6.07, 6.45) is 14.9. The normalized spacial score (nSPS) is 9.33. The monoisotopic (exact) mass is 202 g/mol. The first-order valence-electron chi connectivity index (χ1n) is 5.35. The predicted octanol–water partition coefficient (Wildman–Crippen LogP) is 3.11. The molecule has 0 N–H and O–H groups in total. The molecule has 0 saturated heterocycles. The molecule has 80 valence electrons. The first-order valence-corrected chi connectivity index (χ1v) is 5.35. The average molecular weight is 202 g/mol. The summed E-state index contributed by atoms with van der Waals surface area (Å²) in [6, 6.07) is 0. The van der Waals surface area contributed by atoms with Crippen LogP contribution in [0.4, 0.5) is 0 Å². The molecule has 1 heteroatoms. The Kier molecular flexibility index (Phi) is 9.57. The van der Waals surface area contributed by atoms with Crippen LogP contribution in [-0.4, -0.2) is 5.78 Å². The second kappa shape index (κ2) is 10.6. The zero-order valence-electron chi connectivity index (χ0n) is 9.38. The molecule has 0 saturated carbocycles. The van der Waals surface area contributed by atoms with Crippen LogP contribution in [0.25, 0.3) is 0 Å². The number of rotatable bonds is 7. The van der Waals surface area contributed by atoms with Gasteiger partial charge in [-0.3, -0.25) is 0 Å². The van der Waals surface area contributed by atoms with Gasteiger partial charge in [0.1, 0.15) is 5.78 Å². The summed E-state index contributed by atoms with van der Waals surface area (Å²) >= 11 is 0. The Morgan fingerprint density at radius 3 is 2.73 bits per heavy atom. The largest absolute Gasteiger partial charge is 0.300 e. The predicted molar refractivity (Wildman–Crippen MR) is 64.1 cm³/mol. The van der Waals surface area contributed by atoms with Crippen LogP contribution >= 0.6 is 0 Å². The topological polar surface area (TPSA) is 17.1 Å². The Morgan fingerprint density at radius 1 is 1.27 bits per heavy atom. The van der Waals surface area contributed by atoms with E-state index >= 15 is 0 Å². The lowest BCUT2D eigenvalue weighted by atomic mass is 10.1. The van der Waals surface area contributed by atoms with Crippen LogP contribution in [0.1, 0.15) is 45.4 Å². The number of ketones is 1. The molecular formula is C14H18O. The van der Waals surface area contributed by atoms with Crippen molar-refractivity contribution in [3.8, 4) is 24.2 Å². The molecule has 0 atom stereocenters. The first-order chi connectivity index (χ1) is 7.27. The SMILES string of the molecule is C#CC#CC/C=C/CCCCCC(C)=O. The van der Waals surface area contributed by atoms with E-state index in [1.54, 1.807) is 6.92 Å². The van der Waals surface area contributed by atoms with E-state index in [4.69, 9.17) is 6.42 Å². The minimum absolute atomic E-state index is 0.287. The van der Waals surface area contributed by atoms with E-state index in [1.165, 1.54) is 0 Å². The van der Waals surface area contributed by atoms with E-state index in [2.05, 4.69) is 23.8 Å². The van der Waals surface area contributed by atoms with E-state index in [0.717, 1.165) is 38.5 Å². The van der Waals surface area contributed by atoms with Crippen LogP contribution < -0.4 is 0 Å². The van der Waals surface area contributed by atoms with Gasteiger partial charge in [-0.05, 0) is 38.0 Å². The van der Waals surface area contributed by atoms with E-state index in [9.17, 15) is 4.79 Å². The smallest absolute Gasteiger partial charge is 0.129 e. The van der Waals surface area contributed by atoms with Gasteiger partial charge in [0.2, 0.25) is 0 Å². The molecular weight excluding hydrogens is 184 g/mol. The molecule has 15 heavy (non-hydrogen) atoms. The Bertz CT molecular complexity index is 294. The fourth-order valence-electron chi connectivity index (χ4n) is 1.18. The van der Waals surface area contributed by atoms with Crippen molar-refractivity contribution in [2.45, 2.75) is 45.4 Å². The highest BCUT2D eigenvalue weighted by Gasteiger charge is 1.92. The molecule has 0 unspecified atom stereocenters. The van der Waals surface area contributed by atoms with Gasteiger partial charge in [-0.25, -0.2) is 0 Å². The molecule has 0 fully saturated rings. The minimum Gasteiger partial charge on any atom is -0.300 e. The van der Waals surface area contributed by atoms with Crippen molar-refractivity contribution in [1.29, 1.82) is 0 Å². The number of carbonyl (C=O) groups is 1. The van der Waals surface area contributed by atoms with Gasteiger partial charge in [-0.1, -0.05) is 24.5 Å². The molecule has 0 aliphatic carbocycles. The third kappa shape index (κ3) is 12.5. The van der Waals surface area contributed by atoms with E-state index in [-0.39, 0.29) is 5.78 Å². The maximum absolute atomic E-state index is 10.6. The molecule has 0 aliphatic rings. The number of carbonyl (C=O) groups excluding carboxylic acids is 1. The average Bonchev–Trinajstić information content (AvgIpc) is 2.20. The number of hydrogen-bond donors (Lipinski definition) is 0. The fourth-order valence-corrected chi connectivity index (χ4v) is 1.18. The second-order valence-electron chi connectivity index (χ2n) is 3.42. The van der Waals surface area contributed by atoms with Crippen LogP contribution in [0.15, 0.2) is 12.2 Å². The summed E-state index contributed by atoms with van der Waals surface area (Å²) < 4.78 is 0. The van der Waals surface area contributed by atoms with Crippen LogP contribution in [-0.2, 0) is 4.79 Å². The Labute approximate surface area is 93.0 Å². The number of Topliss-reactive ketones (excluding diaryl/α,β-unsaturated/α-hetero) is 1. The quantitative estimate of drug-likeness (QED) is 0.352. The van der Waals surface area contributed by atoms with Gasteiger partial charge in [0.25, 0.3) is 0 Å².